The Kier molecular flexibility index (Phi) is 6.28. The first-order chi connectivity index (χ1) is 11.1. The van der Waals surface area contributed by atoms with E-state index in [0.29, 0.717) is 17.4 Å². The van der Waals surface area contributed by atoms with Gasteiger partial charge >= 0.3 is 0 Å². The molecule has 1 fully saturated rings. The number of aromatic nitrogens is 3. The minimum absolute atomic E-state index is 0. The molecular weight excluding hydrogens is 333 g/mol. The van der Waals surface area contributed by atoms with Crippen molar-refractivity contribution in [2.45, 2.75) is 25.2 Å². The molecule has 130 valence electrons. The number of piperidine rings is 1. The molecule has 2 N–H and O–H groups in total. The van der Waals surface area contributed by atoms with Gasteiger partial charge in [-0.15, -0.1) is 12.4 Å². The summed E-state index contributed by atoms with van der Waals surface area (Å²) in [5.41, 5.74) is 0.366. The standard InChI is InChI=1S/C16H20FN5O.ClH/c1-22-16(20-15(21-22)11-6-8-18-9-7-11)19-14(23)10-12-4-2-3-5-13(12)17;/h2-5,11,18H,6-10H2,1H3,(H,19,20,21,23);1H. The number of nitrogens with one attached hydrogen (secondary N) is 2. The van der Waals surface area contributed by atoms with Crippen LogP contribution >= 0.6 is 12.4 Å². The maximum atomic E-state index is 13.6. The number of rotatable bonds is 4. The zero-order valence-corrected chi connectivity index (χ0v) is 14.3. The molecule has 1 amide bonds. The van der Waals surface area contributed by atoms with Crippen LogP contribution < -0.4 is 10.6 Å². The van der Waals surface area contributed by atoms with Crippen molar-refractivity contribution in [2.24, 2.45) is 7.05 Å². The first kappa shape index (κ1) is 18.4. The highest BCUT2D eigenvalue weighted by atomic mass is 35.5. The third-order valence-corrected chi connectivity index (χ3v) is 4.04. The van der Waals surface area contributed by atoms with E-state index in [4.69, 9.17) is 0 Å². The molecule has 0 bridgehead atoms. The van der Waals surface area contributed by atoms with Crippen LogP contribution in [-0.2, 0) is 18.3 Å². The Labute approximate surface area is 146 Å². The van der Waals surface area contributed by atoms with E-state index in [2.05, 4.69) is 20.7 Å². The van der Waals surface area contributed by atoms with Gasteiger partial charge in [0.15, 0.2) is 5.82 Å². The second-order valence-corrected chi connectivity index (χ2v) is 5.76. The van der Waals surface area contributed by atoms with E-state index in [1.165, 1.54) is 6.07 Å². The number of halogens is 2. The van der Waals surface area contributed by atoms with Gasteiger partial charge in [-0.25, -0.2) is 9.07 Å². The summed E-state index contributed by atoms with van der Waals surface area (Å²) in [6, 6.07) is 6.26. The summed E-state index contributed by atoms with van der Waals surface area (Å²) in [5.74, 6) is 0.799. The van der Waals surface area contributed by atoms with Crippen LogP contribution in [0.25, 0.3) is 0 Å². The fourth-order valence-corrected chi connectivity index (χ4v) is 2.75. The topological polar surface area (TPSA) is 71.8 Å². The van der Waals surface area contributed by atoms with Gasteiger partial charge in [0.2, 0.25) is 11.9 Å². The van der Waals surface area contributed by atoms with Crippen molar-refractivity contribution in [3.8, 4) is 0 Å². The Balaban J connectivity index is 0.00000208. The molecule has 1 saturated heterocycles. The van der Waals surface area contributed by atoms with Gasteiger partial charge in [0.1, 0.15) is 5.82 Å². The summed E-state index contributed by atoms with van der Waals surface area (Å²) in [4.78, 5) is 16.5. The van der Waals surface area contributed by atoms with Gasteiger partial charge in [0, 0.05) is 13.0 Å². The molecule has 3 rings (SSSR count). The fraction of sp³-hybridized carbons (Fsp3) is 0.438. The molecule has 0 atom stereocenters. The van der Waals surface area contributed by atoms with E-state index < -0.39 is 0 Å². The Morgan fingerprint density at radius 1 is 1.38 bits per heavy atom. The summed E-state index contributed by atoms with van der Waals surface area (Å²) in [6.45, 7) is 1.91. The third-order valence-electron chi connectivity index (χ3n) is 4.04. The van der Waals surface area contributed by atoms with E-state index in [-0.39, 0.29) is 30.6 Å². The van der Waals surface area contributed by atoms with Gasteiger partial charge in [-0.1, -0.05) is 18.2 Å². The van der Waals surface area contributed by atoms with Crippen molar-refractivity contribution in [3.05, 3.63) is 41.5 Å². The molecule has 1 aromatic carbocycles. The van der Waals surface area contributed by atoms with Gasteiger partial charge < -0.3 is 5.32 Å². The van der Waals surface area contributed by atoms with Crippen LogP contribution in [0.3, 0.4) is 0 Å². The molecule has 1 aliphatic heterocycles. The van der Waals surface area contributed by atoms with E-state index >= 15 is 0 Å². The van der Waals surface area contributed by atoms with Crippen molar-refractivity contribution in [1.82, 2.24) is 20.1 Å². The molecule has 0 aliphatic carbocycles. The summed E-state index contributed by atoms with van der Waals surface area (Å²) >= 11 is 0. The zero-order valence-electron chi connectivity index (χ0n) is 13.5. The highest BCUT2D eigenvalue weighted by Crippen LogP contribution is 2.23. The van der Waals surface area contributed by atoms with Gasteiger partial charge in [-0.05, 0) is 37.6 Å². The highest BCUT2D eigenvalue weighted by molar-refractivity contribution is 5.90. The van der Waals surface area contributed by atoms with Crippen LogP contribution in [0.1, 0.15) is 30.1 Å². The molecule has 24 heavy (non-hydrogen) atoms. The number of aryl methyl sites for hydroxylation is 1. The second kappa shape index (κ2) is 8.21. The maximum absolute atomic E-state index is 13.6. The molecule has 2 heterocycles. The molecule has 0 saturated carbocycles. The van der Waals surface area contributed by atoms with E-state index in [1.54, 1.807) is 29.9 Å². The number of carbonyl (C=O) groups excluding carboxylic acids is 1. The van der Waals surface area contributed by atoms with Crippen LogP contribution in [0.4, 0.5) is 10.3 Å². The number of nitrogens with zero attached hydrogens (tertiary/aromatic N) is 3. The zero-order chi connectivity index (χ0) is 16.2. The molecule has 0 spiro atoms. The number of amides is 1. The van der Waals surface area contributed by atoms with Crippen molar-refractivity contribution in [1.29, 1.82) is 0 Å². The molecule has 1 aliphatic rings. The average Bonchev–Trinajstić information content (AvgIpc) is 2.91. The lowest BCUT2D eigenvalue weighted by Crippen LogP contribution is -2.27. The average molecular weight is 354 g/mol. The van der Waals surface area contributed by atoms with Crippen molar-refractivity contribution >= 4 is 24.3 Å². The van der Waals surface area contributed by atoms with Gasteiger partial charge in [-0.2, -0.15) is 10.1 Å². The minimum atomic E-state index is -0.379. The van der Waals surface area contributed by atoms with Gasteiger partial charge in [-0.3, -0.25) is 10.1 Å². The van der Waals surface area contributed by atoms with Gasteiger partial charge in [0.25, 0.3) is 0 Å². The van der Waals surface area contributed by atoms with Crippen LogP contribution in [0.2, 0.25) is 0 Å². The number of hydrogen-bond acceptors (Lipinski definition) is 4. The van der Waals surface area contributed by atoms with Gasteiger partial charge in [0.05, 0.1) is 6.42 Å². The maximum Gasteiger partial charge on any atom is 0.231 e. The normalized spacial score (nSPS) is 14.9. The monoisotopic (exact) mass is 353 g/mol. The first-order valence-electron chi connectivity index (χ1n) is 7.78. The third kappa shape index (κ3) is 4.30. The van der Waals surface area contributed by atoms with Crippen molar-refractivity contribution < 1.29 is 9.18 Å². The Bertz CT molecular complexity index is 700. The molecule has 6 nitrogen and oxygen atoms in total. The van der Waals surface area contributed by atoms with E-state index in [0.717, 1.165) is 31.8 Å². The smallest absolute Gasteiger partial charge is 0.231 e. The van der Waals surface area contributed by atoms with Crippen LogP contribution in [-0.4, -0.2) is 33.8 Å². The molecule has 0 radical (unpaired) electrons. The molecule has 0 unspecified atom stereocenters. The SMILES string of the molecule is Cl.Cn1nc(C2CCNCC2)nc1NC(=O)Cc1ccccc1F. The van der Waals surface area contributed by atoms with E-state index in [9.17, 15) is 9.18 Å². The van der Waals surface area contributed by atoms with Crippen LogP contribution in [0.5, 0.6) is 0 Å². The second-order valence-electron chi connectivity index (χ2n) is 5.76. The summed E-state index contributed by atoms with van der Waals surface area (Å²) < 4.78 is 15.2. The number of anilines is 1. The predicted octanol–water partition coefficient (Wildman–Crippen LogP) is 2.02. The number of carbonyl (C=O) groups is 1. The van der Waals surface area contributed by atoms with Crippen molar-refractivity contribution in [3.63, 3.8) is 0 Å². The fourth-order valence-electron chi connectivity index (χ4n) is 2.75. The molecule has 8 heteroatoms. The number of hydrogen-bond donors (Lipinski definition) is 2. The van der Waals surface area contributed by atoms with Crippen LogP contribution in [0.15, 0.2) is 24.3 Å². The van der Waals surface area contributed by atoms with E-state index in [1.807, 2.05) is 0 Å². The predicted molar refractivity (Wildman–Crippen MR) is 91.8 cm³/mol. The highest BCUT2D eigenvalue weighted by Gasteiger charge is 2.21. The Hall–Kier alpha value is -1.99. The van der Waals surface area contributed by atoms with Crippen LogP contribution in [0, 0.1) is 5.82 Å². The lowest BCUT2D eigenvalue weighted by molar-refractivity contribution is -0.115. The minimum Gasteiger partial charge on any atom is -0.317 e. The first-order valence-corrected chi connectivity index (χ1v) is 7.78. The quantitative estimate of drug-likeness (QED) is 0.882. The summed E-state index contributed by atoms with van der Waals surface area (Å²) in [6.07, 6.45) is 1.96. The molecular formula is C16H21ClFN5O. The Morgan fingerprint density at radius 3 is 2.79 bits per heavy atom. The summed E-state index contributed by atoms with van der Waals surface area (Å²) in [7, 11) is 1.75. The molecule has 1 aromatic heterocycles. The van der Waals surface area contributed by atoms with Crippen molar-refractivity contribution in [2.75, 3.05) is 18.4 Å². The lowest BCUT2D eigenvalue weighted by atomic mass is 9.98. The molecule has 2 aromatic rings. The largest absolute Gasteiger partial charge is 0.317 e. The summed E-state index contributed by atoms with van der Waals surface area (Å²) in [5, 5.41) is 10.4. The Morgan fingerprint density at radius 2 is 2.08 bits per heavy atom. The lowest BCUT2D eigenvalue weighted by Gasteiger charge is -2.19. The number of benzene rings is 1.